The molecular weight excluding hydrogens is 282 g/mol. The molecule has 4 rings (SSSR count). The lowest BCUT2D eigenvalue weighted by atomic mass is 9.69. The van der Waals surface area contributed by atoms with Crippen LogP contribution in [-0.2, 0) is 4.79 Å². The molecule has 2 heteroatoms. The molecule has 1 unspecified atom stereocenters. The van der Waals surface area contributed by atoms with Crippen molar-refractivity contribution in [3.05, 3.63) is 78.4 Å². The molecule has 1 aliphatic heterocycles. The monoisotopic (exact) mass is 301 g/mol. The summed E-state index contributed by atoms with van der Waals surface area (Å²) < 4.78 is 0. The third kappa shape index (κ3) is 1.98. The Morgan fingerprint density at radius 2 is 1.48 bits per heavy atom. The topological polar surface area (TPSA) is 20.3 Å². The number of para-hydroxylation sites is 1. The standard InChI is InChI=1S/C21H19NO/c1-21(2)19(22(20(21)23)16-11-4-3-5-12-16)18-14-8-10-15-9-6-7-13-17(15)18/h3-14,19H,1-2H3. The third-order valence-electron chi connectivity index (χ3n) is 4.86. The lowest BCUT2D eigenvalue weighted by Crippen LogP contribution is -2.61. The second-order valence-electron chi connectivity index (χ2n) is 6.70. The molecule has 0 bridgehead atoms. The molecule has 0 saturated carbocycles. The van der Waals surface area contributed by atoms with Crippen LogP contribution in [0.1, 0.15) is 25.5 Å². The van der Waals surface area contributed by atoms with Gasteiger partial charge < -0.3 is 4.90 Å². The highest BCUT2D eigenvalue weighted by molar-refractivity contribution is 6.07. The number of hydrogen-bond acceptors (Lipinski definition) is 1. The van der Waals surface area contributed by atoms with Crippen LogP contribution in [0.5, 0.6) is 0 Å². The van der Waals surface area contributed by atoms with E-state index >= 15 is 0 Å². The van der Waals surface area contributed by atoms with E-state index in [0.717, 1.165) is 5.69 Å². The van der Waals surface area contributed by atoms with Crippen molar-refractivity contribution < 1.29 is 4.79 Å². The van der Waals surface area contributed by atoms with Gasteiger partial charge in [-0.05, 0) is 42.3 Å². The second-order valence-corrected chi connectivity index (χ2v) is 6.70. The molecule has 3 aromatic rings. The maximum Gasteiger partial charge on any atom is 0.235 e. The van der Waals surface area contributed by atoms with Crippen molar-refractivity contribution in [2.24, 2.45) is 5.41 Å². The third-order valence-corrected chi connectivity index (χ3v) is 4.86. The van der Waals surface area contributed by atoms with Crippen LogP contribution in [0, 0.1) is 5.41 Å². The van der Waals surface area contributed by atoms with Crippen molar-refractivity contribution in [2.45, 2.75) is 19.9 Å². The van der Waals surface area contributed by atoms with Crippen LogP contribution in [-0.4, -0.2) is 5.91 Å². The van der Waals surface area contributed by atoms with Gasteiger partial charge in [-0.1, -0.05) is 60.7 Å². The quantitative estimate of drug-likeness (QED) is 0.613. The first-order valence-corrected chi connectivity index (χ1v) is 7.97. The first kappa shape index (κ1) is 14.0. The SMILES string of the molecule is CC1(C)C(=O)N(c2ccccc2)C1c1cccc2ccccc12. The number of carbonyl (C=O) groups is 1. The molecule has 1 amide bonds. The fraction of sp³-hybridized carbons (Fsp3) is 0.190. The Balaban J connectivity index is 1.89. The Morgan fingerprint density at radius 1 is 0.826 bits per heavy atom. The fourth-order valence-corrected chi connectivity index (χ4v) is 3.67. The summed E-state index contributed by atoms with van der Waals surface area (Å²) in [4.78, 5) is 14.7. The summed E-state index contributed by atoms with van der Waals surface area (Å²) in [5.41, 5.74) is 1.80. The van der Waals surface area contributed by atoms with E-state index in [4.69, 9.17) is 0 Å². The van der Waals surface area contributed by atoms with E-state index in [-0.39, 0.29) is 17.4 Å². The van der Waals surface area contributed by atoms with Crippen LogP contribution in [0.15, 0.2) is 72.8 Å². The zero-order valence-electron chi connectivity index (χ0n) is 13.4. The molecule has 1 fully saturated rings. The summed E-state index contributed by atoms with van der Waals surface area (Å²) in [7, 11) is 0. The van der Waals surface area contributed by atoms with Gasteiger partial charge in [0.1, 0.15) is 0 Å². The highest BCUT2D eigenvalue weighted by Gasteiger charge is 2.55. The molecule has 0 radical (unpaired) electrons. The first-order valence-electron chi connectivity index (χ1n) is 7.97. The number of rotatable bonds is 2. The lowest BCUT2D eigenvalue weighted by Gasteiger charge is -2.53. The largest absolute Gasteiger partial charge is 0.303 e. The number of anilines is 1. The normalized spacial score (nSPS) is 19.7. The predicted octanol–water partition coefficient (Wildman–Crippen LogP) is 4.95. The molecule has 3 aromatic carbocycles. The Kier molecular flexibility index (Phi) is 3.02. The summed E-state index contributed by atoms with van der Waals surface area (Å²) in [6.07, 6.45) is 0. The molecule has 0 spiro atoms. The van der Waals surface area contributed by atoms with E-state index in [1.54, 1.807) is 0 Å². The van der Waals surface area contributed by atoms with E-state index in [9.17, 15) is 4.79 Å². The van der Waals surface area contributed by atoms with Gasteiger partial charge in [0.25, 0.3) is 0 Å². The van der Waals surface area contributed by atoms with Gasteiger partial charge in [-0.25, -0.2) is 0 Å². The second kappa shape index (κ2) is 4.95. The van der Waals surface area contributed by atoms with Crippen molar-refractivity contribution in [1.82, 2.24) is 0 Å². The molecule has 1 atom stereocenters. The number of hydrogen-bond donors (Lipinski definition) is 0. The highest BCUT2D eigenvalue weighted by atomic mass is 16.2. The molecule has 114 valence electrons. The van der Waals surface area contributed by atoms with Gasteiger partial charge in [-0.3, -0.25) is 4.79 Å². The summed E-state index contributed by atoms with van der Waals surface area (Å²) in [5.74, 6) is 0.182. The van der Waals surface area contributed by atoms with Crippen molar-refractivity contribution in [3.8, 4) is 0 Å². The summed E-state index contributed by atoms with van der Waals surface area (Å²) in [5, 5.41) is 2.44. The van der Waals surface area contributed by atoms with Gasteiger partial charge in [0.15, 0.2) is 0 Å². The van der Waals surface area contributed by atoms with Gasteiger partial charge >= 0.3 is 0 Å². The summed E-state index contributed by atoms with van der Waals surface area (Å²) in [6.45, 7) is 4.09. The predicted molar refractivity (Wildman–Crippen MR) is 94.4 cm³/mol. The number of carbonyl (C=O) groups excluding carboxylic acids is 1. The molecule has 1 aliphatic rings. The van der Waals surface area contributed by atoms with Gasteiger partial charge in [0, 0.05) is 5.69 Å². The van der Waals surface area contributed by atoms with Crippen LogP contribution < -0.4 is 4.90 Å². The molecule has 0 aliphatic carbocycles. The molecule has 23 heavy (non-hydrogen) atoms. The summed E-state index contributed by atoms with van der Waals surface area (Å²) >= 11 is 0. The smallest absolute Gasteiger partial charge is 0.235 e. The minimum absolute atomic E-state index is 0.0588. The van der Waals surface area contributed by atoms with E-state index in [1.807, 2.05) is 49.1 Å². The van der Waals surface area contributed by atoms with Gasteiger partial charge in [-0.2, -0.15) is 0 Å². The number of nitrogens with zero attached hydrogens (tertiary/aromatic N) is 1. The lowest BCUT2D eigenvalue weighted by molar-refractivity contribution is -0.137. The van der Waals surface area contributed by atoms with Crippen LogP contribution in [0.25, 0.3) is 10.8 Å². The van der Waals surface area contributed by atoms with Crippen LogP contribution >= 0.6 is 0 Å². The van der Waals surface area contributed by atoms with Crippen molar-refractivity contribution in [2.75, 3.05) is 4.90 Å². The van der Waals surface area contributed by atoms with Crippen LogP contribution in [0.4, 0.5) is 5.69 Å². The van der Waals surface area contributed by atoms with E-state index in [1.165, 1.54) is 16.3 Å². The highest BCUT2D eigenvalue weighted by Crippen LogP contribution is 2.52. The zero-order chi connectivity index (χ0) is 16.0. The average Bonchev–Trinajstić information content (AvgIpc) is 2.59. The van der Waals surface area contributed by atoms with E-state index in [2.05, 4.69) is 42.5 Å². The van der Waals surface area contributed by atoms with Crippen LogP contribution in [0.2, 0.25) is 0 Å². The minimum atomic E-state index is -0.389. The average molecular weight is 301 g/mol. The number of fused-ring (bicyclic) bond motifs is 1. The van der Waals surface area contributed by atoms with Crippen molar-refractivity contribution >= 4 is 22.4 Å². The number of benzene rings is 3. The molecular formula is C21H19NO. The minimum Gasteiger partial charge on any atom is -0.303 e. The maximum absolute atomic E-state index is 12.7. The van der Waals surface area contributed by atoms with E-state index in [0.29, 0.717) is 0 Å². The maximum atomic E-state index is 12.7. The van der Waals surface area contributed by atoms with Crippen molar-refractivity contribution in [1.29, 1.82) is 0 Å². The van der Waals surface area contributed by atoms with Crippen LogP contribution in [0.3, 0.4) is 0 Å². The van der Waals surface area contributed by atoms with Gasteiger partial charge in [-0.15, -0.1) is 0 Å². The molecule has 1 heterocycles. The molecule has 0 N–H and O–H groups in total. The first-order chi connectivity index (χ1) is 11.1. The van der Waals surface area contributed by atoms with Crippen molar-refractivity contribution in [3.63, 3.8) is 0 Å². The zero-order valence-corrected chi connectivity index (χ0v) is 13.4. The Morgan fingerprint density at radius 3 is 2.26 bits per heavy atom. The number of β-lactam (4-membered cyclic amide) rings is 1. The van der Waals surface area contributed by atoms with Gasteiger partial charge in [0.05, 0.1) is 11.5 Å². The van der Waals surface area contributed by atoms with Gasteiger partial charge in [0.2, 0.25) is 5.91 Å². The number of amides is 1. The molecule has 0 aromatic heterocycles. The molecule has 1 saturated heterocycles. The molecule has 2 nitrogen and oxygen atoms in total. The Bertz CT molecular complexity index is 877. The Hall–Kier alpha value is -2.61. The van der Waals surface area contributed by atoms with E-state index < -0.39 is 0 Å². The fourth-order valence-electron chi connectivity index (χ4n) is 3.67. The Labute approximate surface area is 136 Å². The summed E-state index contributed by atoms with van der Waals surface area (Å²) in [6, 6.07) is 24.8.